The predicted octanol–water partition coefficient (Wildman–Crippen LogP) is 3.51. The van der Waals surface area contributed by atoms with Crippen LogP contribution in [0.1, 0.15) is 37.8 Å². The number of nitrogens with one attached hydrogen (secondary N) is 1. The Bertz CT molecular complexity index is 590. The summed E-state index contributed by atoms with van der Waals surface area (Å²) >= 11 is 0. The summed E-state index contributed by atoms with van der Waals surface area (Å²) in [4.78, 5) is 12.1. The van der Waals surface area contributed by atoms with E-state index in [4.69, 9.17) is 0 Å². The SMILES string of the molecule is CCCc1c(-c2ccc(C)cc2)n(CCC)[nH]c1=O. The summed E-state index contributed by atoms with van der Waals surface area (Å²) in [5, 5.41) is 2.97. The molecule has 1 aromatic carbocycles. The second kappa shape index (κ2) is 5.91. The van der Waals surface area contributed by atoms with Gasteiger partial charge in [-0.2, -0.15) is 0 Å². The standard InChI is InChI=1S/C16H22N2O/c1-4-6-14-15(13-9-7-12(3)8-10-13)18(11-5-2)17-16(14)19/h7-10H,4-6,11H2,1-3H3,(H,17,19). The molecule has 3 nitrogen and oxygen atoms in total. The van der Waals surface area contributed by atoms with Gasteiger partial charge in [0.2, 0.25) is 0 Å². The molecular formula is C16H22N2O. The van der Waals surface area contributed by atoms with Crippen LogP contribution >= 0.6 is 0 Å². The van der Waals surface area contributed by atoms with Crippen LogP contribution in [-0.4, -0.2) is 9.78 Å². The minimum absolute atomic E-state index is 0.0610. The lowest BCUT2D eigenvalue weighted by atomic mass is 10.0. The molecule has 0 bridgehead atoms. The lowest BCUT2D eigenvalue weighted by Crippen LogP contribution is -2.07. The second-order valence-corrected chi connectivity index (χ2v) is 5.04. The maximum atomic E-state index is 12.1. The zero-order valence-corrected chi connectivity index (χ0v) is 12.0. The summed E-state index contributed by atoms with van der Waals surface area (Å²) < 4.78 is 2.00. The van der Waals surface area contributed by atoms with Crippen LogP contribution in [0, 0.1) is 6.92 Å². The van der Waals surface area contributed by atoms with E-state index in [9.17, 15) is 4.79 Å². The van der Waals surface area contributed by atoms with E-state index in [1.807, 2.05) is 4.68 Å². The Morgan fingerprint density at radius 1 is 1.11 bits per heavy atom. The Hall–Kier alpha value is -1.77. The Labute approximate surface area is 114 Å². The van der Waals surface area contributed by atoms with Gasteiger partial charge in [-0.15, -0.1) is 0 Å². The Balaban J connectivity index is 2.57. The fourth-order valence-electron chi connectivity index (χ4n) is 2.43. The molecule has 2 aromatic rings. The van der Waals surface area contributed by atoms with Crippen molar-refractivity contribution in [1.29, 1.82) is 0 Å². The number of aromatic amines is 1. The number of rotatable bonds is 5. The lowest BCUT2D eigenvalue weighted by molar-refractivity contribution is 0.603. The molecule has 0 atom stereocenters. The molecule has 0 amide bonds. The van der Waals surface area contributed by atoms with Crippen LogP contribution in [0.2, 0.25) is 0 Å². The summed E-state index contributed by atoms with van der Waals surface area (Å²) in [5.74, 6) is 0. The molecule has 1 aromatic heterocycles. The molecule has 0 saturated heterocycles. The monoisotopic (exact) mass is 258 g/mol. The van der Waals surface area contributed by atoms with E-state index in [0.717, 1.165) is 42.6 Å². The Morgan fingerprint density at radius 3 is 2.37 bits per heavy atom. The summed E-state index contributed by atoms with van der Waals surface area (Å²) in [5.41, 5.74) is 4.40. The zero-order chi connectivity index (χ0) is 13.8. The van der Waals surface area contributed by atoms with Crippen molar-refractivity contribution in [2.75, 3.05) is 0 Å². The van der Waals surface area contributed by atoms with Crippen LogP contribution in [0.15, 0.2) is 29.1 Å². The maximum absolute atomic E-state index is 12.1. The van der Waals surface area contributed by atoms with E-state index >= 15 is 0 Å². The van der Waals surface area contributed by atoms with Crippen molar-refractivity contribution < 1.29 is 0 Å². The molecule has 1 heterocycles. The van der Waals surface area contributed by atoms with Crippen molar-refractivity contribution in [3.8, 4) is 11.3 Å². The lowest BCUT2D eigenvalue weighted by Gasteiger charge is -2.09. The highest BCUT2D eigenvalue weighted by Gasteiger charge is 2.15. The number of aromatic nitrogens is 2. The van der Waals surface area contributed by atoms with Gasteiger partial charge in [0.1, 0.15) is 0 Å². The first-order chi connectivity index (χ1) is 9.17. The van der Waals surface area contributed by atoms with Gasteiger partial charge in [-0.05, 0) is 19.8 Å². The van der Waals surface area contributed by atoms with Gasteiger partial charge in [-0.25, -0.2) is 0 Å². The molecule has 0 spiro atoms. The van der Waals surface area contributed by atoms with E-state index in [1.54, 1.807) is 0 Å². The van der Waals surface area contributed by atoms with Crippen molar-refractivity contribution in [1.82, 2.24) is 9.78 Å². The number of H-pyrrole nitrogens is 1. The highest BCUT2D eigenvalue weighted by molar-refractivity contribution is 5.63. The summed E-state index contributed by atoms with van der Waals surface area (Å²) in [6.07, 6.45) is 2.82. The molecule has 0 aliphatic rings. The molecule has 0 unspecified atom stereocenters. The molecule has 0 aliphatic carbocycles. The van der Waals surface area contributed by atoms with Gasteiger partial charge >= 0.3 is 0 Å². The maximum Gasteiger partial charge on any atom is 0.267 e. The van der Waals surface area contributed by atoms with Crippen LogP contribution in [0.3, 0.4) is 0 Å². The van der Waals surface area contributed by atoms with E-state index < -0.39 is 0 Å². The van der Waals surface area contributed by atoms with Crippen LogP contribution in [0.5, 0.6) is 0 Å². The molecule has 19 heavy (non-hydrogen) atoms. The van der Waals surface area contributed by atoms with Gasteiger partial charge in [-0.3, -0.25) is 14.6 Å². The quantitative estimate of drug-likeness (QED) is 0.875. The number of hydrogen-bond acceptors (Lipinski definition) is 1. The van der Waals surface area contributed by atoms with Crippen molar-refractivity contribution in [3.63, 3.8) is 0 Å². The van der Waals surface area contributed by atoms with Crippen LogP contribution in [0.25, 0.3) is 11.3 Å². The molecule has 102 valence electrons. The largest absolute Gasteiger partial charge is 0.284 e. The van der Waals surface area contributed by atoms with Gasteiger partial charge in [0.15, 0.2) is 0 Å². The van der Waals surface area contributed by atoms with Gasteiger partial charge < -0.3 is 0 Å². The van der Waals surface area contributed by atoms with Gasteiger partial charge in [0, 0.05) is 17.7 Å². The average molecular weight is 258 g/mol. The second-order valence-electron chi connectivity index (χ2n) is 5.04. The molecule has 0 saturated carbocycles. The fourth-order valence-corrected chi connectivity index (χ4v) is 2.43. The summed E-state index contributed by atoms with van der Waals surface area (Å²) in [6.45, 7) is 7.15. The highest BCUT2D eigenvalue weighted by atomic mass is 16.1. The van der Waals surface area contributed by atoms with Gasteiger partial charge in [0.25, 0.3) is 5.56 Å². The first-order valence-electron chi connectivity index (χ1n) is 7.06. The third-order valence-corrected chi connectivity index (χ3v) is 3.34. The number of aryl methyl sites for hydroxylation is 2. The Morgan fingerprint density at radius 2 is 1.79 bits per heavy atom. The molecule has 1 N–H and O–H groups in total. The third-order valence-electron chi connectivity index (χ3n) is 3.34. The van der Waals surface area contributed by atoms with Gasteiger partial charge in [-0.1, -0.05) is 50.1 Å². The topological polar surface area (TPSA) is 37.8 Å². The zero-order valence-electron chi connectivity index (χ0n) is 12.0. The van der Waals surface area contributed by atoms with Crippen LogP contribution < -0.4 is 5.56 Å². The Kier molecular flexibility index (Phi) is 4.25. The normalized spacial score (nSPS) is 10.9. The molecule has 0 fully saturated rings. The van der Waals surface area contributed by atoms with Crippen molar-refractivity contribution >= 4 is 0 Å². The first kappa shape index (κ1) is 13.7. The average Bonchev–Trinajstić information content (AvgIpc) is 2.69. The summed E-state index contributed by atoms with van der Waals surface area (Å²) in [7, 11) is 0. The minimum atomic E-state index is 0.0610. The minimum Gasteiger partial charge on any atom is -0.284 e. The van der Waals surface area contributed by atoms with E-state index in [1.165, 1.54) is 5.56 Å². The molecule has 0 aliphatic heterocycles. The fraction of sp³-hybridized carbons (Fsp3) is 0.438. The van der Waals surface area contributed by atoms with E-state index in [-0.39, 0.29) is 5.56 Å². The number of hydrogen-bond donors (Lipinski definition) is 1. The predicted molar refractivity (Wildman–Crippen MR) is 79.5 cm³/mol. The van der Waals surface area contributed by atoms with Gasteiger partial charge in [0.05, 0.1) is 5.69 Å². The number of benzene rings is 1. The van der Waals surface area contributed by atoms with Crippen LogP contribution in [0.4, 0.5) is 0 Å². The third kappa shape index (κ3) is 2.80. The molecule has 3 heteroatoms. The van der Waals surface area contributed by atoms with Crippen molar-refractivity contribution in [3.05, 3.63) is 45.7 Å². The molecular weight excluding hydrogens is 236 g/mol. The number of nitrogens with zero attached hydrogens (tertiary/aromatic N) is 1. The summed E-state index contributed by atoms with van der Waals surface area (Å²) in [6, 6.07) is 8.39. The first-order valence-corrected chi connectivity index (χ1v) is 7.06. The highest BCUT2D eigenvalue weighted by Crippen LogP contribution is 2.23. The molecule has 2 rings (SSSR count). The van der Waals surface area contributed by atoms with Crippen molar-refractivity contribution in [2.24, 2.45) is 0 Å². The molecule has 0 radical (unpaired) electrons. The van der Waals surface area contributed by atoms with E-state index in [2.05, 4.69) is 50.1 Å². The van der Waals surface area contributed by atoms with Crippen molar-refractivity contribution in [2.45, 2.75) is 46.6 Å². The van der Waals surface area contributed by atoms with E-state index in [0.29, 0.717) is 0 Å². The van der Waals surface area contributed by atoms with Crippen LogP contribution in [-0.2, 0) is 13.0 Å². The smallest absolute Gasteiger partial charge is 0.267 e.